The topological polar surface area (TPSA) is 46.2 Å². The van der Waals surface area contributed by atoms with E-state index in [9.17, 15) is 8.42 Å². The molecule has 12 heavy (non-hydrogen) atoms. The van der Waals surface area contributed by atoms with Crippen molar-refractivity contribution in [3.8, 4) is 12.3 Å². The number of terminal acetylenes is 1. The third-order valence-corrected chi connectivity index (χ3v) is 3.07. The second-order valence-corrected chi connectivity index (χ2v) is 4.69. The normalized spacial score (nSPS) is 13.8. The summed E-state index contributed by atoms with van der Waals surface area (Å²) in [4.78, 5) is 0. The molecule has 0 aromatic heterocycles. The molecule has 1 N–H and O–H groups in total. The van der Waals surface area contributed by atoms with Crippen LogP contribution in [0.2, 0.25) is 0 Å². The summed E-state index contributed by atoms with van der Waals surface area (Å²) in [6.07, 6.45) is 5.40. The quantitative estimate of drug-likeness (QED) is 0.531. The summed E-state index contributed by atoms with van der Waals surface area (Å²) in [5.41, 5.74) is 0. The summed E-state index contributed by atoms with van der Waals surface area (Å²) in [6.45, 7) is 1.71. The van der Waals surface area contributed by atoms with Gasteiger partial charge < -0.3 is 0 Å². The van der Waals surface area contributed by atoms with Crippen LogP contribution in [0.15, 0.2) is 0 Å². The second kappa shape index (κ2) is 5.41. The van der Waals surface area contributed by atoms with E-state index in [0.29, 0.717) is 6.42 Å². The fourth-order valence-corrected chi connectivity index (χ4v) is 2.31. The zero-order chi connectivity index (χ0) is 9.61. The molecule has 70 valence electrons. The van der Waals surface area contributed by atoms with Crippen molar-refractivity contribution in [1.82, 2.24) is 4.72 Å². The number of halogens is 1. The SMILES string of the molecule is C#CCC(C)NS(=O)(=O)CCCl. The van der Waals surface area contributed by atoms with Crippen LogP contribution in [0.1, 0.15) is 13.3 Å². The molecule has 1 atom stereocenters. The van der Waals surface area contributed by atoms with Crippen LogP contribution in [0.5, 0.6) is 0 Å². The van der Waals surface area contributed by atoms with Crippen molar-refractivity contribution >= 4 is 21.6 Å². The molecule has 0 radical (unpaired) electrons. The molecule has 0 saturated carbocycles. The van der Waals surface area contributed by atoms with E-state index in [2.05, 4.69) is 10.6 Å². The largest absolute Gasteiger partial charge is 0.213 e. The van der Waals surface area contributed by atoms with Crippen LogP contribution in [0.25, 0.3) is 0 Å². The number of alkyl halides is 1. The van der Waals surface area contributed by atoms with Crippen molar-refractivity contribution < 1.29 is 8.42 Å². The van der Waals surface area contributed by atoms with Gasteiger partial charge in [0.25, 0.3) is 0 Å². The predicted molar refractivity (Wildman–Crippen MR) is 50.6 cm³/mol. The minimum Gasteiger partial charge on any atom is -0.212 e. The third-order valence-electron chi connectivity index (χ3n) is 1.15. The maximum absolute atomic E-state index is 11.1. The van der Waals surface area contributed by atoms with Crippen molar-refractivity contribution in [1.29, 1.82) is 0 Å². The highest BCUT2D eigenvalue weighted by Gasteiger charge is 2.12. The zero-order valence-corrected chi connectivity index (χ0v) is 8.45. The van der Waals surface area contributed by atoms with Gasteiger partial charge in [0.15, 0.2) is 0 Å². The number of hydrogen-bond donors (Lipinski definition) is 1. The highest BCUT2D eigenvalue weighted by Crippen LogP contribution is 1.94. The molecule has 0 aromatic carbocycles. The molecule has 0 aromatic rings. The Bertz CT molecular complexity index is 255. The molecule has 0 spiro atoms. The molecule has 0 aliphatic heterocycles. The average molecular weight is 210 g/mol. The Balaban J connectivity index is 3.99. The van der Waals surface area contributed by atoms with Crippen LogP contribution in [0.3, 0.4) is 0 Å². The Hall–Kier alpha value is -0.240. The van der Waals surface area contributed by atoms with E-state index >= 15 is 0 Å². The maximum atomic E-state index is 11.1. The van der Waals surface area contributed by atoms with Crippen molar-refractivity contribution in [2.45, 2.75) is 19.4 Å². The lowest BCUT2D eigenvalue weighted by molar-refractivity contribution is 0.565. The van der Waals surface area contributed by atoms with Crippen LogP contribution in [-0.2, 0) is 10.0 Å². The molecule has 0 fully saturated rings. The maximum Gasteiger partial charge on any atom is 0.213 e. The minimum atomic E-state index is -3.23. The fraction of sp³-hybridized carbons (Fsp3) is 0.714. The van der Waals surface area contributed by atoms with Gasteiger partial charge in [-0.05, 0) is 6.92 Å². The summed E-state index contributed by atoms with van der Waals surface area (Å²) in [6, 6.07) is -0.219. The van der Waals surface area contributed by atoms with Crippen LogP contribution < -0.4 is 4.72 Å². The monoisotopic (exact) mass is 209 g/mol. The molecule has 3 nitrogen and oxygen atoms in total. The Morgan fingerprint density at radius 3 is 2.67 bits per heavy atom. The van der Waals surface area contributed by atoms with Gasteiger partial charge in [0.1, 0.15) is 0 Å². The van der Waals surface area contributed by atoms with Gasteiger partial charge in [-0.25, -0.2) is 13.1 Å². The molecule has 0 amide bonds. The van der Waals surface area contributed by atoms with Crippen molar-refractivity contribution in [2.24, 2.45) is 0 Å². The van der Waals surface area contributed by atoms with Crippen molar-refractivity contribution in [3.05, 3.63) is 0 Å². The van der Waals surface area contributed by atoms with Gasteiger partial charge in [-0.2, -0.15) is 0 Å². The molecule has 0 bridgehead atoms. The van der Waals surface area contributed by atoms with Gasteiger partial charge >= 0.3 is 0 Å². The molecular weight excluding hydrogens is 198 g/mol. The molecular formula is C7H12ClNO2S. The first-order chi connectivity index (χ1) is 5.52. The summed E-state index contributed by atoms with van der Waals surface area (Å²) < 4.78 is 24.5. The molecule has 0 aliphatic carbocycles. The minimum absolute atomic E-state index is 0.0660. The molecule has 0 aliphatic rings. The van der Waals surface area contributed by atoms with Crippen molar-refractivity contribution in [2.75, 3.05) is 11.6 Å². The van der Waals surface area contributed by atoms with Gasteiger partial charge in [-0.3, -0.25) is 0 Å². The van der Waals surface area contributed by atoms with Crippen molar-refractivity contribution in [3.63, 3.8) is 0 Å². The van der Waals surface area contributed by atoms with E-state index in [1.165, 1.54) is 0 Å². The Morgan fingerprint density at radius 1 is 1.67 bits per heavy atom. The Labute approximate surface area is 78.5 Å². The summed E-state index contributed by atoms with van der Waals surface area (Å²) in [5, 5.41) is 0. The average Bonchev–Trinajstić information content (AvgIpc) is 1.85. The molecule has 0 saturated heterocycles. The zero-order valence-electron chi connectivity index (χ0n) is 6.88. The Morgan fingerprint density at radius 2 is 2.25 bits per heavy atom. The van der Waals surface area contributed by atoms with Gasteiger partial charge in [0, 0.05) is 18.3 Å². The lowest BCUT2D eigenvalue weighted by Gasteiger charge is -2.09. The summed E-state index contributed by atoms with van der Waals surface area (Å²) >= 11 is 5.29. The Kier molecular flexibility index (Phi) is 5.31. The van der Waals surface area contributed by atoms with E-state index in [1.807, 2.05) is 0 Å². The van der Waals surface area contributed by atoms with Crippen LogP contribution in [0.4, 0.5) is 0 Å². The standard InChI is InChI=1S/C7H12ClNO2S/c1-3-4-7(2)9-12(10,11)6-5-8/h1,7,9H,4-6H2,2H3. The predicted octanol–water partition coefficient (Wildman–Crippen LogP) is 0.556. The molecule has 0 heterocycles. The highest BCUT2D eigenvalue weighted by molar-refractivity contribution is 7.89. The van der Waals surface area contributed by atoms with E-state index in [-0.39, 0.29) is 17.7 Å². The molecule has 0 rings (SSSR count). The first kappa shape index (κ1) is 11.8. The second-order valence-electron chi connectivity index (χ2n) is 2.44. The molecule has 5 heteroatoms. The number of nitrogens with one attached hydrogen (secondary N) is 1. The first-order valence-corrected chi connectivity index (χ1v) is 5.70. The van der Waals surface area contributed by atoms with Gasteiger partial charge in [0.05, 0.1) is 5.75 Å². The lowest BCUT2D eigenvalue weighted by atomic mass is 10.3. The molecule has 1 unspecified atom stereocenters. The fourth-order valence-electron chi connectivity index (χ4n) is 0.685. The third kappa shape index (κ3) is 5.42. The summed E-state index contributed by atoms with van der Waals surface area (Å²) in [5.74, 6) is 2.40. The van der Waals surface area contributed by atoms with E-state index in [4.69, 9.17) is 18.0 Å². The van der Waals surface area contributed by atoms with E-state index in [1.54, 1.807) is 6.92 Å². The smallest absolute Gasteiger partial charge is 0.212 e. The highest BCUT2D eigenvalue weighted by atomic mass is 35.5. The van der Waals surface area contributed by atoms with Crippen LogP contribution >= 0.6 is 11.6 Å². The lowest BCUT2D eigenvalue weighted by Crippen LogP contribution is -2.34. The van der Waals surface area contributed by atoms with E-state index in [0.717, 1.165) is 0 Å². The van der Waals surface area contributed by atoms with Crippen LogP contribution in [-0.4, -0.2) is 26.1 Å². The number of sulfonamides is 1. The summed E-state index contributed by atoms with van der Waals surface area (Å²) in [7, 11) is -3.23. The first-order valence-electron chi connectivity index (χ1n) is 3.51. The van der Waals surface area contributed by atoms with E-state index < -0.39 is 10.0 Å². The number of hydrogen-bond acceptors (Lipinski definition) is 2. The van der Waals surface area contributed by atoms with Gasteiger partial charge in [-0.1, -0.05) is 0 Å². The van der Waals surface area contributed by atoms with Crippen LogP contribution in [0, 0.1) is 12.3 Å². The van der Waals surface area contributed by atoms with Gasteiger partial charge in [0.2, 0.25) is 10.0 Å². The number of rotatable bonds is 5. The van der Waals surface area contributed by atoms with Gasteiger partial charge in [-0.15, -0.1) is 23.9 Å².